The van der Waals surface area contributed by atoms with E-state index in [0.717, 1.165) is 18.4 Å². The van der Waals surface area contributed by atoms with Gasteiger partial charge in [-0.2, -0.15) is 0 Å². The van der Waals surface area contributed by atoms with E-state index in [1.165, 1.54) is 0 Å². The zero-order valence-corrected chi connectivity index (χ0v) is 12.5. The molecule has 1 saturated heterocycles. The molecule has 0 radical (unpaired) electrons. The fraction of sp³-hybridized carbons (Fsp3) is 0.412. The molecule has 2 aliphatic heterocycles. The zero-order valence-electron chi connectivity index (χ0n) is 12.5. The van der Waals surface area contributed by atoms with E-state index in [9.17, 15) is 9.59 Å². The Labute approximate surface area is 129 Å². The molecule has 0 saturated carbocycles. The van der Waals surface area contributed by atoms with Gasteiger partial charge in [0.2, 0.25) is 0 Å². The smallest absolute Gasteiger partial charge is 0.410 e. The molecular weight excluding hydrogens is 282 g/mol. The number of esters is 1. The predicted octanol–water partition coefficient (Wildman–Crippen LogP) is 2.66. The van der Waals surface area contributed by atoms with Gasteiger partial charge in [-0.15, -0.1) is 0 Å². The molecule has 5 heteroatoms. The summed E-state index contributed by atoms with van der Waals surface area (Å²) in [5.74, 6) is -0.297. The third-order valence-electron chi connectivity index (χ3n) is 4.10. The first-order chi connectivity index (χ1) is 10.6. The average Bonchev–Trinajstić information content (AvgIpc) is 3.13. The molecule has 2 heterocycles. The molecule has 5 nitrogen and oxygen atoms in total. The monoisotopic (exact) mass is 301 g/mol. The van der Waals surface area contributed by atoms with Crippen LogP contribution in [0.25, 0.3) is 0 Å². The number of nitrogens with zero attached hydrogens (tertiary/aromatic N) is 1. The van der Waals surface area contributed by atoms with Crippen molar-refractivity contribution < 1.29 is 19.1 Å². The molecule has 1 aromatic rings. The molecule has 1 amide bonds. The number of benzene rings is 1. The van der Waals surface area contributed by atoms with Crippen LogP contribution in [0.5, 0.6) is 0 Å². The summed E-state index contributed by atoms with van der Waals surface area (Å²) in [6, 6.07) is 9.45. The van der Waals surface area contributed by atoms with Crippen molar-refractivity contribution >= 4 is 12.1 Å². The normalized spacial score (nSPS) is 24.1. The van der Waals surface area contributed by atoms with Crippen LogP contribution < -0.4 is 0 Å². The first-order valence-electron chi connectivity index (χ1n) is 7.52. The summed E-state index contributed by atoms with van der Waals surface area (Å²) in [5, 5.41) is 0. The van der Waals surface area contributed by atoms with Crippen molar-refractivity contribution in [1.29, 1.82) is 0 Å². The van der Waals surface area contributed by atoms with Crippen LogP contribution in [-0.4, -0.2) is 35.7 Å². The van der Waals surface area contributed by atoms with Crippen molar-refractivity contribution in [3.05, 3.63) is 47.5 Å². The second-order valence-corrected chi connectivity index (χ2v) is 5.66. The molecule has 0 spiro atoms. The van der Waals surface area contributed by atoms with Gasteiger partial charge < -0.3 is 14.4 Å². The Hall–Kier alpha value is -2.30. The van der Waals surface area contributed by atoms with Gasteiger partial charge >= 0.3 is 12.1 Å². The first-order valence-corrected chi connectivity index (χ1v) is 7.52. The van der Waals surface area contributed by atoms with Crippen LogP contribution >= 0.6 is 0 Å². The van der Waals surface area contributed by atoms with Crippen molar-refractivity contribution in [2.24, 2.45) is 0 Å². The summed E-state index contributed by atoms with van der Waals surface area (Å²) in [6.07, 6.45) is 2.82. The summed E-state index contributed by atoms with van der Waals surface area (Å²) in [4.78, 5) is 25.5. The summed E-state index contributed by atoms with van der Waals surface area (Å²) in [7, 11) is 0. The van der Waals surface area contributed by atoms with E-state index >= 15 is 0 Å². The topological polar surface area (TPSA) is 55.8 Å². The number of carbonyl (C=O) groups is 2. The Morgan fingerprint density at radius 3 is 2.82 bits per heavy atom. The van der Waals surface area contributed by atoms with Gasteiger partial charge in [-0.05, 0) is 31.4 Å². The van der Waals surface area contributed by atoms with Crippen LogP contribution in [0.4, 0.5) is 4.79 Å². The van der Waals surface area contributed by atoms with Crippen LogP contribution in [-0.2, 0) is 20.9 Å². The average molecular weight is 301 g/mol. The summed E-state index contributed by atoms with van der Waals surface area (Å²) < 4.78 is 10.7. The van der Waals surface area contributed by atoms with Crippen LogP contribution in [0.3, 0.4) is 0 Å². The number of likely N-dealkylation sites (tertiary alicyclic amines) is 1. The van der Waals surface area contributed by atoms with Crippen molar-refractivity contribution in [2.75, 3.05) is 6.54 Å². The number of ether oxygens (including phenoxy) is 2. The molecule has 1 fully saturated rings. The lowest BCUT2D eigenvalue weighted by Crippen LogP contribution is -2.42. The minimum Gasteiger partial charge on any atom is -0.453 e. The lowest BCUT2D eigenvalue weighted by atomic mass is 10.1. The second-order valence-electron chi connectivity index (χ2n) is 5.66. The highest BCUT2D eigenvalue weighted by atomic mass is 16.6. The molecule has 0 aromatic heterocycles. The highest BCUT2D eigenvalue weighted by Gasteiger charge is 2.39. The quantitative estimate of drug-likeness (QED) is 0.805. The van der Waals surface area contributed by atoms with Gasteiger partial charge in [0.05, 0.1) is 6.04 Å². The SMILES string of the molecule is CC1=C[C@H]([C@H]2CCCN2C(=O)OCc2ccccc2)OC1=O. The highest BCUT2D eigenvalue weighted by molar-refractivity contribution is 5.90. The lowest BCUT2D eigenvalue weighted by molar-refractivity contribution is -0.141. The Morgan fingerprint density at radius 1 is 1.36 bits per heavy atom. The van der Waals surface area contributed by atoms with Crippen molar-refractivity contribution in [3.8, 4) is 0 Å². The van der Waals surface area contributed by atoms with E-state index in [2.05, 4.69) is 0 Å². The number of carbonyl (C=O) groups excluding carboxylic acids is 2. The predicted molar refractivity (Wildman–Crippen MR) is 80.0 cm³/mol. The number of amides is 1. The standard InChI is InChI=1S/C17H19NO4/c1-12-10-15(22-16(12)19)14-8-5-9-18(14)17(20)21-11-13-6-3-2-4-7-13/h2-4,6-7,10,14-15H,5,8-9,11H2,1H3/t14-,15-/m1/s1. The molecule has 2 atom stereocenters. The summed E-state index contributed by atoms with van der Waals surface area (Å²) in [6.45, 7) is 2.62. The fourth-order valence-corrected chi connectivity index (χ4v) is 2.92. The number of hydrogen-bond donors (Lipinski definition) is 0. The highest BCUT2D eigenvalue weighted by Crippen LogP contribution is 2.28. The molecule has 1 aromatic carbocycles. The van der Waals surface area contributed by atoms with Gasteiger partial charge in [0.15, 0.2) is 0 Å². The van der Waals surface area contributed by atoms with Gasteiger partial charge in [0.25, 0.3) is 0 Å². The van der Waals surface area contributed by atoms with Gasteiger partial charge in [-0.25, -0.2) is 9.59 Å². The van der Waals surface area contributed by atoms with Crippen LogP contribution in [0.1, 0.15) is 25.3 Å². The zero-order chi connectivity index (χ0) is 15.5. The Bertz CT molecular complexity index is 596. The lowest BCUT2D eigenvalue weighted by Gasteiger charge is -2.27. The second kappa shape index (κ2) is 6.22. The van der Waals surface area contributed by atoms with E-state index < -0.39 is 0 Å². The van der Waals surface area contributed by atoms with Crippen molar-refractivity contribution in [1.82, 2.24) is 4.90 Å². The van der Waals surface area contributed by atoms with Gasteiger partial charge in [0.1, 0.15) is 12.7 Å². The van der Waals surface area contributed by atoms with Crippen LogP contribution in [0, 0.1) is 0 Å². The van der Waals surface area contributed by atoms with E-state index in [0.29, 0.717) is 12.1 Å². The molecule has 22 heavy (non-hydrogen) atoms. The Balaban J connectivity index is 1.61. The Kier molecular flexibility index (Phi) is 4.13. The van der Waals surface area contributed by atoms with Crippen LogP contribution in [0.15, 0.2) is 42.0 Å². The first kappa shape index (κ1) is 14.6. The molecular formula is C17H19NO4. The number of rotatable bonds is 3. The molecule has 0 unspecified atom stereocenters. The third kappa shape index (κ3) is 2.98. The molecule has 0 aliphatic carbocycles. The molecule has 0 bridgehead atoms. The van der Waals surface area contributed by atoms with E-state index in [-0.39, 0.29) is 30.8 Å². The molecule has 2 aliphatic rings. The maximum absolute atomic E-state index is 12.3. The summed E-state index contributed by atoms with van der Waals surface area (Å²) >= 11 is 0. The van der Waals surface area contributed by atoms with Gasteiger partial charge in [0, 0.05) is 12.1 Å². The van der Waals surface area contributed by atoms with Crippen LogP contribution in [0.2, 0.25) is 0 Å². The van der Waals surface area contributed by atoms with E-state index in [1.807, 2.05) is 30.3 Å². The maximum Gasteiger partial charge on any atom is 0.410 e. The minimum absolute atomic E-state index is 0.121. The molecule has 0 N–H and O–H groups in total. The van der Waals surface area contributed by atoms with E-state index in [1.54, 1.807) is 17.9 Å². The van der Waals surface area contributed by atoms with Crippen molar-refractivity contribution in [3.63, 3.8) is 0 Å². The maximum atomic E-state index is 12.3. The molecule has 3 rings (SSSR count). The molecule has 116 valence electrons. The fourth-order valence-electron chi connectivity index (χ4n) is 2.92. The Morgan fingerprint density at radius 2 is 2.14 bits per heavy atom. The largest absolute Gasteiger partial charge is 0.453 e. The van der Waals surface area contributed by atoms with Crippen molar-refractivity contribution in [2.45, 2.75) is 38.5 Å². The van der Waals surface area contributed by atoms with Gasteiger partial charge in [-0.1, -0.05) is 30.3 Å². The minimum atomic E-state index is -0.348. The number of cyclic esters (lactones) is 1. The number of hydrogen-bond acceptors (Lipinski definition) is 4. The van der Waals surface area contributed by atoms with E-state index in [4.69, 9.17) is 9.47 Å². The van der Waals surface area contributed by atoms with Gasteiger partial charge in [-0.3, -0.25) is 0 Å². The summed E-state index contributed by atoms with van der Waals surface area (Å²) in [5.41, 5.74) is 1.56. The third-order valence-corrected chi connectivity index (χ3v) is 4.10.